The second-order valence-corrected chi connectivity index (χ2v) is 10.3. The molecule has 4 rings (SSSR count). The summed E-state index contributed by atoms with van der Waals surface area (Å²) >= 11 is 0. The quantitative estimate of drug-likeness (QED) is 0.572. The maximum Gasteiger partial charge on any atom is 0.302 e. The van der Waals surface area contributed by atoms with Gasteiger partial charge in [-0.15, -0.1) is 0 Å². The summed E-state index contributed by atoms with van der Waals surface area (Å²) < 4.78 is 5.82. The van der Waals surface area contributed by atoms with E-state index in [-0.39, 0.29) is 40.5 Å². The highest BCUT2D eigenvalue weighted by Gasteiger charge is 2.72. The van der Waals surface area contributed by atoms with Crippen LogP contribution in [0.4, 0.5) is 0 Å². The van der Waals surface area contributed by atoms with Gasteiger partial charge < -0.3 is 9.84 Å². The Labute approximate surface area is 156 Å². The van der Waals surface area contributed by atoms with Crippen LogP contribution < -0.4 is 0 Å². The number of hydrogen-bond acceptors (Lipinski definition) is 4. The summed E-state index contributed by atoms with van der Waals surface area (Å²) in [6.45, 7) is 12.4. The molecule has 4 aliphatic carbocycles. The van der Waals surface area contributed by atoms with Crippen LogP contribution in [0, 0.1) is 34.0 Å². The van der Waals surface area contributed by atoms with Gasteiger partial charge in [-0.3, -0.25) is 9.59 Å². The molecular weight excluding hydrogens is 328 g/mol. The molecule has 4 fully saturated rings. The fourth-order valence-electron chi connectivity index (χ4n) is 7.75. The Kier molecular flexibility index (Phi) is 3.81. The van der Waals surface area contributed by atoms with E-state index < -0.39 is 11.5 Å². The van der Waals surface area contributed by atoms with Gasteiger partial charge in [-0.05, 0) is 60.3 Å². The van der Waals surface area contributed by atoms with E-state index >= 15 is 0 Å². The molecule has 0 amide bonds. The number of fused-ring (bicyclic) bond motifs is 3. The minimum absolute atomic E-state index is 0.0366. The smallest absolute Gasteiger partial charge is 0.302 e. The Balaban J connectivity index is 1.88. The van der Waals surface area contributed by atoms with Gasteiger partial charge in [0.25, 0.3) is 0 Å². The summed E-state index contributed by atoms with van der Waals surface area (Å²) in [5.41, 5.74) is -0.155. The first-order valence-corrected chi connectivity index (χ1v) is 10.1. The summed E-state index contributed by atoms with van der Waals surface area (Å²) in [5.74, 6) is -0.00660. The molecule has 0 aliphatic heterocycles. The number of rotatable bonds is 1. The second kappa shape index (κ2) is 5.43. The van der Waals surface area contributed by atoms with Crippen molar-refractivity contribution in [2.24, 2.45) is 34.0 Å². The van der Waals surface area contributed by atoms with Crippen LogP contribution in [0.15, 0.2) is 12.2 Å². The minimum atomic E-state index is -0.807. The molecule has 4 nitrogen and oxygen atoms in total. The van der Waals surface area contributed by atoms with E-state index in [0.717, 1.165) is 19.3 Å². The van der Waals surface area contributed by atoms with E-state index in [9.17, 15) is 14.7 Å². The van der Waals surface area contributed by atoms with Gasteiger partial charge in [-0.25, -0.2) is 0 Å². The zero-order chi connectivity index (χ0) is 19.1. The molecule has 0 heterocycles. The number of allylic oxidation sites excluding steroid dienone is 1. The fraction of sp³-hybridized carbons (Fsp3) is 0.818. The summed E-state index contributed by atoms with van der Waals surface area (Å²) in [6.07, 6.45) is 4.33. The summed E-state index contributed by atoms with van der Waals surface area (Å²) in [7, 11) is 0. The first kappa shape index (κ1) is 18.2. The number of esters is 1. The molecule has 1 spiro atoms. The molecule has 144 valence electrons. The van der Waals surface area contributed by atoms with Crippen LogP contribution in [0.1, 0.15) is 66.2 Å². The molecule has 7 atom stereocenters. The van der Waals surface area contributed by atoms with Crippen LogP contribution in [0.25, 0.3) is 0 Å². The van der Waals surface area contributed by atoms with E-state index in [0.29, 0.717) is 30.8 Å². The first-order valence-electron chi connectivity index (χ1n) is 10.1. The molecule has 4 heteroatoms. The number of aliphatic hydroxyl groups is 1. The van der Waals surface area contributed by atoms with Gasteiger partial charge in [0.1, 0.15) is 6.10 Å². The monoisotopic (exact) mass is 360 g/mol. The molecule has 2 bridgehead atoms. The number of Topliss-reactive ketones (excluding diaryl/α,β-unsaturated/α-hetero) is 1. The van der Waals surface area contributed by atoms with Gasteiger partial charge in [0.15, 0.2) is 5.78 Å². The lowest BCUT2D eigenvalue weighted by atomic mass is 9.40. The van der Waals surface area contributed by atoms with Crippen LogP contribution in [-0.4, -0.2) is 29.1 Å². The standard InChI is InChI=1S/C22H32O4/c1-12-14-9-15(26-13(2)23)18-21(5)8-6-7-20(3,4)16(21)10-17(24)22(18,11-14)19(12)25/h14-18,24H,1,6-11H2,2-5H3/t14-,15+,16-,17-,18+,21-,22+/m1/s1. The van der Waals surface area contributed by atoms with Crippen molar-refractivity contribution in [3.63, 3.8) is 0 Å². The van der Waals surface area contributed by atoms with Crippen molar-refractivity contribution < 1.29 is 19.4 Å². The van der Waals surface area contributed by atoms with Crippen molar-refractivity contribution in [2.45, 2.75) is 78.4 Å². The third-order valence-electron chi connectivity index (χ3n) is 8.59. The highest BCUT2D eigenvalue weighted by Crippen LogP contribution is 2.71. The van der Waals surface area contributed by atoms with Crippen molar-refractivity contribution in [3.05, 3.63) is 12.2 Å². The van der Waals surface area contributed by atoms with Gasteiger partial charge in [-0.1, -0.05) is 33.8 Å². The summed E-state index contributed by atoms with van der Waals surface area (Å²) in [4.78, 5) is 25.2. The molecule has 0 aromatic heterocycles. The fourth-order valence-corrected chi connectivity index (χ4v) is 7.75. The molecule has 4 aliphatic rings. The van der Waals surface area contributed by atoms with Gasteiger partial charge in [0.05, 0.1) is 11.5 Å². The number of hydrogen-bond donors (Lipinski definition) is 1. The van der Waals surface area contributed by atoms with Crippen LogP contribution >= 0.6 is 0 Å². The van der Waals surface area contributed by atoms with Crippen molar-refractivity contribution in [3.8, 4) is 0 Å². The Morgan fingerprint density at radius 2 is 1.92 bits per heavy atom. The summed E-state index contributed by atoms with van der Waals surface area (Å²) in [5, 5.41) is 11.3. The van der Waals surface area contributed by atoms with Gasteiger partial charge >= 0.3 is 5.97 Å². The number of ether oxygens (including phenoxy) is 1. The number of aliphatic hydroxyl groups excluding tert-OH is 1. The van der Waals surface area contributed by atoms with Crippen LogP contribution in [-0.2, 0) is 14.3 Å². The predicted octanol–water partition coefficient (Wildman–Crippen LogP) is 3.67. The Hall–Kier alpha value is -1.16. The molecule has 0 unspecified atom stereocenters. The highest BCUT2D eigenvalue weighted by atomic mass is 16.5. The molecule has 4 saturated carbocycles. The van der Waals surface area contributed by atoms with E-state index in [2.05, 4.69) is 27.4 Å². The van der Waals surface area contributed by atoms with Crippen molar-refractivity contribution >= 4 is 11.8 Å². The lowest BCUT2D eigenvalue weighted by Gasteiger charge is -2.65. The van der Waals surface area contributed by atoms with E-state index in [4.69, 9.17) is 4.74 Å². The Morgan fingerprint density at radius 1 is 1.23 bits per heavy atom. The van der Waals surface area contributed by atoms with Crippen molar-refractivity contribution in [1.82, 2.24) is 0 Å². The van der Waals surface area contributed by atoms with Crippen molar-refractivity contribution in [2.75, 3.05) is 0 Å². The maximum absolute atomic E-state index is 13.4. The molecule has 0 radical (unpaired) electrons. The van der Waals surface area contributed by atoms with Crippen LogP contribution in [0.3, 0.4) is 0 Å². The first-order chi connectivity index (χ1) is 12.0. The number of carbonyl (C=O) groups excluding carboxylic acids is 2. The largest absolute Gasteiger partial charge is 0.462 e. The Bertz CT molecular complexity index is 680. The van der Waals surface area contributed by atoms with Crippen LogP contribution in [0.5, 0.6) is 0 Å². The number of ketones is 1. The molecular formula is C22H32O4. The highest BCUT2D eigenvalue weighted by molar-refractivity contribution is 6.03. The SMILES string of the molecule is C=C1C(=O)[C@]23C[C@H]1C[C@H](OC(C)=O)[C@H]2[C@]1(C)CCCC(C)(C)[C@H]1C[C@H]3O. The molecule has 26 heavy (non-hydrogen) atoms. The minimum Gasteiger partial charge on any atom is -0.462 e. The topological polar surface area (TPSA) is 63.6 Å². The lowest BCUT2D eigenvalue weighted by Crippen LogP contribution is -2.66. The van der Waals surface area contributed by atoms with E-state index in [1.165, 1.54) is 6.92 Å². The third kappa shape index (κ3) is 2.11. The number of carbonyl (C=O) groups is 2. The molecule has 0 aromatic carbocycles. The van der Waals surface area contributed by atoms with Gasteiger partial charge in [0.2, 0.25) is 0 Å². The van der Waals surface area contributed by atoms with Crippen molar-refractivity contribution in [1.29, 1.82) is 0 Å². The van der Waals surface area contributed by atoms with E-state index in [1.54, 1.807) is 0 Å². The zero-order valence-electron chi connectivity index (χ0n) is 16.5. The van der Waals surface area contributed by atoms with Gasteiger partial charge in [-0.2, -0.15) is 0 Å². The average Bonchev–Trinajstić information content (AvgIpc) is 2.71. The third-order valence-corrected chi connectivity index (χ3v) is 8.59. The maximum atomic E-state index is 13.4. The second-order valence-electron chi connectivity index (χ2n) is 10.3. The molecule has 1 N–H and O–H groups in total. The Morgan fingerprint density at radius 3 is 2.58 bits per heavy atom. The predicted molar refractivity (Wildman–Crippen MR) is 98.2 cm³/mol. The normalized spacial score (nSPS) is 49.3. The van der Waals surface area contributed by atoms with Gasteiger partial charge in [0, 0.05) is 12.8 Å². The summed E-state index contributed by atoms with van der Waals surface area (Å²) in [6, 6.07) is 0. The zero-order valence-corrected chi connectivity index (χ0v) is 16.5. The van der Waals surface area contributed by atoms with E-state index in [1.807, 2.05) is 0 Å². The lowest BCUT2D eigenvalue weighted by molar-refractivity contribution is -0.229. The van der Waals surface area contributed by atoms with Crippen LogP contribution in [0.2, 0.25) is 0 Å². The molecule has 0 saturated heterocycles. The average molecular weight is 360 g/mol. The molecule has 0 aromatic rings.